The molecule has 0 bridgehead atoms. The molecular formula is C11H12N4S. The van der Waals surface area contributed by atoms with Crippen molar-refractivity contribution in [2.45, 2.75) is 29.8 Å². The van der Waals surface area contributed by atoms with Crippen LogP contribution in [-0.4, -0.2) is 19.7 Å². The van der Waals surface area contributed by atoms with Gasteiger partial charge >= 0.3 is 0 Å². The lowest BCUT2D eigenvalue weighted by Gasteiger charge is -2.03. The zero-order valence-corrected chi connectivity index (χ0v) is 9.60. The third-order valence-electron chi connectivity index (χ3n) is 2.56. The van der Waals surface area contributed by atoms with Crippen LogP contribution in [0.15, 0.2) is 35.9 Å². The molecule has 82 valence electrons. The van der Waals surface area contributed by atoms with Crippen LogP contribution in [0, 0.1) is 0 Å². The molecule has 1 saturated carbocycles. The average molecular weight is 232 g/mol. The van der Waals surface area contributed by atoms with E-state index in [-0.39, 0.29) is 0 Å². The minimum atomic E-state index is 0.640. The van der Waals surface area contributed by atoms with E-state index in [4.69, 9.17) is 0 Å². The SMILES string of the molecule is c1ccc(CSc2nncn2C2CC2)nc1. The summed E-state index contributed by atoms with van der Waals surface area (Å²) in [7, 11) is 0. The van der Waals surface area contributed by atoms with Crippen LogP contribution in [-0.2, 0) is 5.75 Å². The summed E-state index contributed by atoms with van der Waals surface area (Å²) < 4.78 is 2.17. The van der Waals surface area contributed by atoms with E-state index in [1.54, 1.807) is 11.8 Å². The zero-order chi connectivity index (χ0) is 10.8. The highest BCUT2D eigenvalue weighted by Gasteiger charge is 2.26. The normalized spacial score (nSPS) is 15.2. The van der Waals surface area contributed by atoms with E-state index >= 15 is 0 Å². The molecule has 4 nitrogen and oxygen atoms in total. The minimum absolute atomic E-state index is 0.640. The van der Waals surface area contributed by atoms with Gasteiger partial charge < -0.3 is 4.57 Å². The van der Waals surface area contributed by atoms with Gasteiger partial charge in [-0.25, -0.2) is 0 Å². The van der Waals surface area contributed by atoms with Crippen LogP contribution in [0.4, 0.5) is 0 Å². The lowest BCUT2D eigenvalue weighted by atomic mass is 10.4. The molecule has 16 heavy (non-hydrogen) atoms. The van der Waals surface area contributed by atoms with E-state index < -0.39 is 0 Å². The first-order valence-electron chi connectivity index (χ1n) is 5.36. The third-order valence-corrected chi connectivity index (χ3v) is 3.55. The van der Waals surface area contributed by atoms with Gasteiger partial charge in [0.15, 0.2) is 5.16 Å². The van der Waals surface area contributed by atoms with E-state index in [2.05, 4.69) is 19.7 Å². The van der Waals surface area contributed by atoms with E-state index in [1.165, 1.54) is 12.8 Å². The molecule has 3 rings (SSSR count). The van der Waals surface area contributed by atoms with Crippen LogP contribution in [0.5, 0.6) is 0 Å². The first kappa shape index (κ1) is 9.84. The van der Waals surface area contributed by atoms with Gasteiger partial charge in [-0.05, 0) is 25.0 Å². The van der Waals surface area contributed by atoms with Crippen molar-refractivity contribution in [2.24, 2.45) is 0 Å². The molecule has 0 unspecified atom stereocenters. The predicted octanol–water partition coefficient (Wildman–Crippen LogP) is 2.30. The quantitative estimate of drug-likeness (QED) is 0.759. The number of thioether (sulfide) groups is 1. The highest BCUT2D eigenvalue weighted by atomic mass is 32.2. The van der Waals surface area contributed by atoms with Crippen LogP contribution in [0.1, 0.15) is 24.6 Å². The predicted molar refractivity (Wildman–Crippen MR) is 62.1 cm³/mol. The van der Waals surface area contributed by atoms with Gasteiger partial charge in [-0.15, -0.1) is 10.2 Å². The molecule has 2 aromatic heterocycles. The third kappa shape index (κ3) is 2.09. The molecular weight excluding hydrogens is 220 g/mol. The van der Waals surface area contributed by atoms with Crippen molar-refractivity contribution in [3.8, 4) is 0 Å². The maximum Gasteiger partial charge on any atom is 0.191 e. The molecule has 5 heteroatoms. The van der Waals surface area contributed by atoms with Gasteiger partial charge in [0.25, 0.3) is 0 Å². The van der Waals surface area contributed by atoms with Crippen molar-refractivity contribution >= 4 is 11.8 Å². The van der Waals surface area contributed by atoms with Crippen LogP contribution in [0.25, 0.3) is 0 Å². The fraction of sp³-hybridized carbons (Fsp3) is 0.364. The Kier molecular flexibility index (Phi) is 2.61. The van der Waals surface area contributed by atoms with Crippen LogP contribution < -0.4 is 0 Å². The molecule has 0 saturated heterocycles. The maximum atomic E-state index is 4.29. The molecule has 2 heterocycles. The van der Waals surface area contributed by atoms with E-state index in [0.29, 0.717) is 6.04 Å². The molecule has 0 N–H and O–H groups in total. The van der Waals surface area contributed by atoms with E-state index in [0.717, 1.165) is 16.6 Å². The summed E-state index contributed by atoms with van der Waals surface area (Å²) >= 11 is 1.70. The summed E-state index contributed by atoms with van der Waals surface area (Å²) in [4.78, 5) is 4.29. The van der Waals surface area contributed by atoms with Crippen LogP contribution in [0.2, 0.25) is 0 Å². The van der Waals surface area contributed by atoms with Crippen molar-refractivity contribution in [2.75, 3.05) is 0 Å². The molecule has 0 aromatic carbocycles. The average Bonchev–Trinajstić information content (AvgIpc) is 3.07. The molecule has 0 spiro atoms. The fourth-order valence-corrected chi connectivity index (χ4v) is 2.46. The number of hydrogen-bond acceptors (Lipinski definition) is 4. The second-order valence-corrected chi connectivity index (χ2v) is 4.80. The Balaban J connectivity index is 1.68. The van der Waals surface area contributed by atoms with Gasteiger partial charge in [-0.2, -0.15) is 0 Å². The Bertz CT molecular complexity index is 464. The molecule has 0 amide bonds. The molecule has 1 fully saturated rings. The Morgan fingerprint density at radius 1 is 1.38 bits per heavy atom. The Labute approximate surface area is 98.1 Å². The lowest BCUT2D eigenvalue weighted by molar-refractivity contribution is 0.663. The first-order chi connectivity index (χ1) is 7.93. The standard InChI is InChI=1S/C11H12N4S/c1-2-6-12-9(3-1)7-16-11-14-13-8-15(11)10-4-5-10/h1-3,6,8,10H,4-5,7H2. The molecule has 1 aliphatic carbocycles. The number of pyridine rings is 1. The molecule has 0 atom stereocenters. The number of rotatable bonds is 4. The Morgan fingerprint density at radius 2 is 2.31 bits per heavy atom. The number of aromatic nitrogens is 4. The second kappa shape index (κ2) is 4.25. The smallest absolute Gasteiger partial charge is 0.191 e. The lowest BCUT2D eigenvalue weighted by Crippen LogP contribution is -1.95. The van der Waals surface area contributed by atoms with Gasteiger partial charge in [-0.3, -0.25) is 4.98 Å². The summed E-state index contributed by atoms with van der Waals surface area (Å²) in [6, 6.07) is 6.61. The Hall–Kier alpha value is -1.36. The highest BCUT2D eigenvalue weighted by Crippen LogP contribution is 2.37. The van der Waals surface area contributed by atoms with Gasteiger partial charge in [0.1, 0.15) is 6.33 Å². The van der Waals surface area contributed by atoms with Gasteiger partial charge in [-0.1, -0.05) is 17.8 Å². The highest BCUT2D eigenvalue weighted by molar-refractivity contribution is 7.98. The molecule has 1 aliphatic rings. The van der Waals surface area contributed by atoms with Crippen molar-refractivity contribution in [1.29, 1.82) is 0 Å². The van der Waals surface area contributed by atoms with Gasteiger partial charge in [0.2, 0.25) is 0 Å². The molecule has 0 aliphatic heterocycles. The number of hydrogen-bond donors (Lipinski definition) is 0. The van der Waals surface area contributed by atoms with E-state index in [9.17, 15) is 0 Å². The zero-order valence-electron chi connectivity index (χ0n) is 8.78. The molecule has 0 radical (unpaired) electrons. The molecule has 2 aromatic rings. The largest absolute Gasteiger partial charge is 0.306 e. The van der Waals surface area contributed by atoms with Crippen LogP contribution >= 0.6 is 11.8 Å². The topological polar surface area (TPSA) is 43.6 Å². The summed E-state index contributed by atoms with van der Waals surface area (Å²) in [6.45, 7) is 0. The summed E-state index contributed by atoms with van der Waals surface area (Å²) in [5.74, 6) is 0.853. The Morgan fingerprint density at radius 3 is 3.06 bits per heavy atom. The minimum Gasteiger partial charge on any atom is -0.306 e. The van der Waals surface area contributed by atoms with Gasteiger partial charge in [0.05, 0.1) is 5.69 Å². The maximum absolute atomic E-state index is 4.29. The fourth-order valence-electron chi connectivity index (χ4n) is 1.56. The monoisotopic (exact) mass is 232 g/mol. The van der Waals surface area contributed by atoms with E-state index in [1.807, 2.05) is 30.7 Å². The van der Waals surface area contributed by atoms with Crippen molar-refractivity contribution in [3.63, 3.8) is 0 Å². The number of nitrogens with zero attached hydrogens (tertiary/aromatic N) is 4. The van der Waals surface area contributed by atoms with Gasteiger partial charge in [0, 0.05) is 18.0 Å². The van der Waals surface area contributed by atoms with Crippen molar-refractivity contribution < 1.29 is 0 Å². The summed E-state index contributed by atoms with van der Waals surface area (Å²) in [6.07, 6.45) is 6.17. The second-order valence-electron chi connectivity index (χ2n) is 3.86. The van der Waals surface area contributed by atoms with Crippen molar-refractivity contribution in [3.05, 3.63) is 36.4 Å². The summed E-state index contributed by atoms with van der Waals surface area (Å²) in [5.41, 5.74) is 1.08. The first-order valence-corrected chi connectivity index (χ1v) is 6.34. The summed E-state index contributed by atoms with van der Waals surface area (Å²) in [5, 5.41) is 9.12. The van der Waals surface area contributed by atoms with Crippen molar-refractivity contribution in [1.82, 2.24) is 19.7 Å². The van der Waals surface area contributed by atoms with Crippen LogP contribution in [0.3, 0.4) is 0 Å².